The fourth-order valence-electron chi connectivity index (χ4n) is 5.96. The molecule has 208 valence electrons. The number of hydrogen-bond donors (Lipinski definition) is 0. The summed E-state index contributed by atoms with van der Waals surface area (Å²) in [6.45, 7) is -1.44. The van der Waals surface area contributed by atoms with Gasteiger partial charge < -0.3 is 14.5 Å². The van der Waals surface area contributed by atoms with Gasteiger partial charge in [-0.25, -0.2) is 13.6 Å². The summed E-state index contributed by atoms with van der Waals surface area (Å²) in [5, 5.41) is 0. The molecule has 0 N–H and O–H groups in total. The van der Waals surface area contributed by atoms with Crippen molar-refractivity contribution in [1.29, 1.82) is 0 Å². The summed E-state index contributed by atoms with van der Waals surface area (Å²) in [5.41, 5.74) is 2.97. The van der Waals surface area contributed by atoms with Gasteiger partial charge in [-0.15, -0.1) is 0 Å². The van der Waals surface area contributed by atoms with Crippen molar-refractivity contribution >= 4 is 29.3 Å². The number of carbonyl (C=O) groups excluding carboxylic acids is 2. The van der Waals surface area contributed by atoms with Gasteiger partial charge in [0.25, 0.3) is 0 Å². The maximum Gasteiger partial charge on any atom is 0.330 e. The van der Waals surface area contributed by atoms with E-state index in [1.165, 1.54) is 48.4 Å². The van der Waals surface area contributed by atoms with Crippen LogP contribution in [-0.4, -0.2) is 33.1 Å². The highest BCUT2D eigenvalue weighted by molar-refractivity contribution is 5.96. The molecule has 7 heteroatoms. The highest BCUT2D eigenvalue weighted by atomic mass is 19.1. The highest BCUT2D eigenvalue weighted by Gasteiger charge is 2.44. The fourth-order valence-corrected chi connectivity index (χ4v) is 5.96. The molecule has 5 rings (SSSR count). The summed E-state index contributed by atoms with van der Waals surface area (Å²) < 4.78 is 44.2. The van der Waals surface area contributed by atoms with Crippen LogP contribution in [0.25, 0.3) is 17.2 Å². The second-order valence-electron chi connectivity index (χ2n) is 10.9. The predicted octanol–water partition coefficient (Wildman–Crippen LogP) is 6.85. The van der Waals surface area contributed by atoms with Crippen molar-refractivity contribution in [1.82, 2.24) is 0 Å². The Balaban J connectivity index is 1.51. The Morgan fingerprint density at radius 2 is 1.73 bits per heavy atom. The molecule has 0 heterocycles. The maximum atomic E-state index is 15.7. The molecule has 40 heavy (non-hydrogen) atoms. The number of carbonyl (C=O) groups is 2. The second-order valence-corrected chi connectivity index (χ2v) is 10.9. The lowest BCUT2D eigenvalue weighted by Gasteiger charge is -2.30. The molecule has 0 unspecified atom stereocenters. The third kappa shape index (κ3) is 5.93. The third-order valence-electron chi connectivity index (χ3n) is 8.07. The first kappa shape index (κ1) is 26.2. The van der Waals surface area contributed by atoms with Crippen LogP contribution in [0.1, 0.15) is 38.2 Å². The van der Waals surface area contributed by atoms with Gasteiger partial charge in [0.05, 0.1) is 15.0 Å². The van der Waals surface area contributed by atoms with Crippen LogP contribution in [0.5, 0.6) is 0 Å². The van der Waals surface area contributed by atoms with E-state index >= 15 is 4.39 Å². The Labute approximate surface area is 235 Å². The number of amides is 1. The van der Waals surface area contributed by atoms with Gasteiger partial charge >= 0.3 is 5.97 Å². The van der Waals surface area contributed by atoms with Gasteiger partial charge in [0, 0.05) is 43.0 Å². The molecule has 2 bridgehead atoms. The van der Waals surface area contributed by atoms with Crippen molar-refractivity contribution in [3.8, 4) is 11.1 Å². The average Bonchev–Trinajstić information content (AvgIpc) is 3.60. The zero-order chi connectivity index (χ0) is 29.3. The molecule has 2 aliphatic rings. The number of methoxy groups -OCH3 is 1. The van der Waals surface area contributed by atoms with Crippen LogP contribution in [0, 0.1) is 29.4 Å². The van der Waals surface area contributed by atoms with Crippen LogP contribution in [0.3, 0.4) is 0 Å². The van der Waals surface area contributed by atoms with Gasteiger partial charge in [0.15, 0.2) is 0 Å². The number of ether oxygens (including phenoxy) is 1. The first-order chi connectivity index (χ1) is 19.6. The van der Waals surface area contributed by atoms with Crippen LogP contribution in [0.2, 0.25) is 0 Å². The molecule has 3 aromatic rings. The van der Waals surface area contributed by atoms with E-state index in [0.29, 0.717) is 17.0 Å². The maximum absolute atomic E-state index is 15.7. The number of halogens is 2. The molecule has 0 saturated heterocycles. The number of nitrogens with zero attached hydrogens (tertiary/aromatic N) is 2. The van der Waals surface area contributed by atoms with E-state index in [-0.39, 0.29) is 29.0 Å². The minimum Gasteiger partial charge on any atom is -0.466 e. The molecule has 0 spiro atoms. The van der Waals surface area contributed by atoms with Crippen molar-refractivity contribution in [2.75, 3.05) is 31.0 Å². The number of rotatable bonds is 8. The van der Waals surface area contributed by atoms with Crippen molar-refractivity contribution in [2.24, 2.45) is 17.8 Å². The quantitative estimate of drug-likeness (QED) is 0.229. The molecule has 4 atom stereocenters. The standard InChI is InChI=1S/C33H34F2N2O3/c1-36(2)28-11-9-23(10-12-28)24-7-8-26(31(35)18-24)20-37(33(39)30-17-21-4-6-25(30)14-21)29-16-22(15-27(34)19-29)5-13-32(38)40-3/h5,7-13,15-16,18-19,21,25,30H,4,6,14,17,20H2,1-3H3/b13-5+/t21-,25+,30-/m0/s1/i20D/t20-,21-,25+,30-. The minimum absolute atomic E-state index is 0.0195. The largest absolute Gasteiger partial charge is 0.466 e. The fraction of sp³-hybridized carbons (Fsp3) is 0.333. The Bertz CT molecular complexity index is 1470. The van der Waals surface area contributed by atoms with E-state index in [4.69, 9.17) is 1.37 Å². The smallest absolute Gasteiger partial charge is 0.330 e. The number of anilines is 2. The van der Waals surface area contributed by atoms with E-state index < -0.39 is 24.1 Å². The van der Waals surface area contributed by atoms with Gasteiger partial charge in [-0.2, -0.15) is 0 Å². The van der Waals surface area contributed by atoms with Crippen LogP contribution in [-0.2, 0) is 20.8 Å². The Morgan fingerprint density at radius 1 is 0.975 bits per heavy atom. The number of esters is 1. The summed E-state index contributed by atoms with van der Waals surface area (Å²) in [5.74, 6) is -1.77. The minimum atomic E-state index is -1.44. The predicted molar refractivity (Wildman–Crippen MR) is 154 cm³/mol. The van der Waals surface area contributed by atoms with E-state index in [1.807, 2.05) is 43.3 Å². The zero-order valence-corrected chi connectivity index (χ0v) is 22.9. The summed E-state index contributed by atoms with van der Waals surface area (Å²) in [6.07, 6.45) is 6.27. The molecule has 0 aliphatic heterocycles. The number of hydrogen-bond acceptors (Lipinski definition) is 4. The van der Waals surface area contributed by atoms with Crippen LogP contribution < -0.4 is 9.80 Å². The Kier molecular flexibility index (Phi) is 7.62. The molecule has 0 aromatic heterocycles. The lowest BCUT2D eigenvalue weighted by Crippen LogP contribution is -2.38. The molecule has 2 fully saturated rings. The first-order valence-electron chi connectivity index (χ1n) is 14.1. The van der Waals surface area contributed by atoms with Crippen molar-refractivity contribution in [2.45, 2.75) is 32.2 Å². The van der Waals surface area contributed by atoms with Crippen molar-refractivity contribution < 1.29 is 24.5 Å². The molecule has 1 amide bonds. The molecule has 2 saturated carbocycles. The summed E-state index contributed by atoms with van der Waals surface area (Å²) in [6, 6.07) is 16.3. The molecule has 3 aromatic carbocycles. The normalized spacial score (nSPS) is 20.8. The van der Waals surface area contributed by atoms with Gasteiger partial charge in [-0.1, -0.05) is 30.7 Å². The lowest BCUT2D eigenvalue weighted by molar-refractivity contribution is -0.134. The molecular weight excluding hydrogens is 510 g/mol. The Morgan fingerprint density at radius 3 is 2.35 bits per heavy atom. The summed E-state index contributed by atoms with van der Waals surface area (Å²) >= 11 is 0. The van der Waals surface area contributed by atoms with Gasteiger partial charge in [0.1, 0.15) is 11.6 Å². The van der Waals surface area contributed by atoms with Crippen molar-refractivity contribution in [3.63, 3.8) is 0 Å². The zero-order valence-electron chi connectivity index (χ0n) is 23.9. The summed E-state index contributed by atoms with van der Waals surface area (Å²) in [4.78, 5) is 28.8. The summed E-state index contributed by atoms with van der Waals surface area (Å²) in [7, 11) is 5.12. The van der Waals surface area contributed by atoms with Crippen LogP contribution in [0.15, 0.2) is 66.7 Å². The monoisotopic (exact) mass is 545 g/mol. The Hall–Kier alpha value is -4.00. The van der Waals surface area contributed by atoms with Crippen LogP contribution >= 0.6 is 0 Å². The van der Waals surface area contributed by atoms with Crippen molar-refractivity contribution in [3.05, 3.63) is 89.5 Å². The molecule has 5 nitrogen and oxygen atoms in total. The van der Waals surface area contributed by atoms with Gasteiger partial charge in [-0.3, -0.25) is 4.79 Å². The van der Waals surface area contributed by atoms with Gasteiger partial charge in [-0.05, 0) is 90.3 Å². The number of benzene rings is 3. The van der Waals surface area contributed by atoms with E-state index in [1.54, 1.807) is 6.07 Å². The molecular formula is C33H34F2N2O3. The van der Waals surface area contributed by atoms with E-state index in [9.17, 15) is 14.0 Å². The second kappa shape index (κ2) is 11.6. The SMILES string of the molecule is [2H][C@@H](c1ccc(-c2ccc(N(C)C)cc2)cc1F)N(C(=O)[C@H]1C[C@H]2CC[C@@H]1C2)c1cc(F)cc(/C=C/C(=O)OC)c1. The van der Waals surface area contributed by atoms with E-state index in [0.717, 1.165) is 43.0 Å². The third-order valence-corrected chi connectivity index (χ3v) is 8.07. The highest BCUT2D eigenvalue weighted by Crippen LogP contribution is 2.49. The molecule has 2 aliphatic carbocycles. The molecule has 0 radical (unpaired) electrons. The van der Waals surface area contributed by atoms with E-state index in [2.05, 4.69) is 4.74 Å². The average molecular weight is 546 g/mol. The van der Waals surface area contributed by atoms with Crippen LogP contribution in [0.4, 0.5) is 20.2 Å². The number of fused-ring (bicyclic) bond motifs is 2. The lowest BCUT2D eigenvalue weighted by atomic mass is 9.87. The topological polar surface area (TPSA) is 49.9 Å². The van der Waals surface area contributed by atoms with Gasteiger partial charge in [0.2, 0.25) is 5.91 Å². The first-order valence-corrected chi connectivity index (χ1v) is 13.5.